The van der Waals surface area contributed by atoms with Crippen LogP contribution in [0.4, 0.5) is 5.69 Å². The third kappa shape index (κ3) is 3.49. The summed E-state index contributed by atoms with van der Waals surface area (Å²) in [6, 6.07) is 7.43. The second-order valence-corrected chi connectivity index (χ2v) is 4.92. The SMILES string of the molecule is Cc1cccc(N)c1C(=O)OCCC(C)(C)C#N. The summed E-state index contributed by atoms with van der Waals surface area (Å²) in [5, 5.41) is 8.85. The van der Waals surface area contributed by atoms with Crippen molar-refractivity contribution in [3.63, 3.8) is 0 Å². The highest BCUT2D eigenvalue weighted by Gasteiger charge is 2.19. The van der Waals surface area contributed by atoms with Crippen molar-refractivity contribution in [3.8, 4) is 6.07 Å². The first-order valence-electron chi connectivity index (χ1n) is 5.81. The van der Waals surface area contributed by atoms with Crippen molar-refractivity contribution in [2.75, 3.05) is 12.3 Å². The van der Waals surface area contributed by atoms with Crippen LogP contribution in [0.25, 0.3) is 0 Å². The van der Waals surface area contributed by atoms with Crippen molar-refractivity contribution in [3.05, 3.63) is 29.3 Å². The molecule has 2 N–H and O–H groups in total. The number of aryl methyl sites for hydroxylation is 1. The van der Waals surface area contributed by atoms with Crippen molar-refractivity contribution in [2.24, 2.45) is 5.41 Å². The topological polar surface area (TPSA) is 76.1 Å². The molecule has 0 unspecified atom stereocenters. The fourth-order valence-corrected chi connectivity index (χ4v) is 1.50. The molecule has 4 heteroatoms. The average molecular weight is 246 g/mol. The Kier molecular flexibility index (Phi) is 4.33. The Bertz CT molecular complexity index is 467. The first kappa shape index (κ1) is 14.0. The van der Waals surface area contributed by atoms with Crippen molar-refractivity contribution in [1.29, 1.82) is 5.26 Å². The number of hydrogen-bond donors (Lipinski definition) is 1. The molecule has 0 fully saturated rings. The smallest absolute Gasteiger partial charge is 0.340 e. The number of benzene rings is 1. The summed E-state index contributed by atoms with van der Waals surface area (Å²) in [7, 11) is 0. The van der Waals surface area contributed by atoms with Crippen LogP contribution in [0.1, 0.15) is 36.2 Å². The van der Waals surface area contributed by atoms with Crippen LogP contribution in [0.3, 0.4) is 0 Å². The van der Waals surface area contributed by atoms with E-state index < -0.39 is 11.4 Å². The van der Waals surface area contributed by atoms with Gasteiger partial charge in [0.05, 0.1) is 23.7 Å². The number of rotatable bonds is 4. The van der Waals surface area contributed by atoms with E-state index in [9.17, 15) is 4.79 Å². The fourth-order valence-electron chi connectivity index (χ4n) is 1.50. The molecule has 0 aromatic heterocycles. The van der Waals surface area contributed by atoms with Gasteiger partial charge in [-0.15, -0.1) is 0 Å². The molecule has 96 valence electrons. The van der Waals surface area contributed by atoms with Gasteiger partial charge in [0.2, 0.25) is 0 Å². The summed E-state index contributed by atoms with van der Waals surface area (Å²) in [5.74, 6) is -0.431. The van der Waals surface area contributed by atoms with Crippen molar-refractivity contribution >= 4 is 11.7 Å². The molecule has 1 aromatic rings. The van der Waals surface area contributed by atoms with E-state index in [1.54, 1.807) is 12.1 Å². The predicted octanol–water partition coefficient (Wildman–Crippen LogP) is 2.67. The summed E-state index contributed by atoms with van der Waals surface area (Å²) in [6.45, 7) is 5.64. The quantitative estimate of drug-likeness (QED) is 0.654. The highest BCUT2D eigenvalue weighted by molar-refractivity contribution is 5.96. The first-order valence-corrected chi connectivity index (χ1v) is 5.81. The highest BCUT2D eigenvalue weighted by Crippen LogP contribution is 2.20. The Morgan fingerprint density at radius 2 is 2.17 bits per heavy atom. The number of ether oxygens (including phenoxy) is 1. The first-order chi connectivity index (χ1) is 8.37. The maximum atomic E-state index is 11.9. The fraction of sp³-hybridized carbons (Fsp3) is 0.429. The number of carbonyl (C=O) groups excluding carboxylic acids is 1. The molecule has 0 saturated carbocycles. The van der Waals surface area contributed by atoms with Crippen LogP contribution in [0.5, 0.6) is 0 Å². The number of nitrogens with two attached hydrogens (primary N) is 1. The molecule has 0 heterocycles. The summed E-state index contributed by atoms with van der Waals surface area (Å²) in [6.07, 6.45) is 0.501. The lowest BCUT2D eigenvalue weighted by molar-refractivity contribution is 0.0475. The lowest BCUT2D eigenvalue weighted by Crippen LogP contribution is -2.16. The van der Waals surface area contributed by atoms with Gasteiger partial charge in [-0.25, -0.2) is 4.79 Å². The Morgan fingerprint density at radius 3 is 2.72 bits per heavy atom. The van der Waals surface area contributed by atoms with Crippen LogP contribution < -0.4 is 5.73 Å². The second-order valence-electron chi connectivity index (χ2n) is 4.92. The van der Waals surface area contributed by atoms with E-state index in [0.717, 1.165) is 5.56 Å². The highest BCUT2D eigenvalue weighted by atomic mass is 16.5. The minimum atomic E-state index is -0.489. The van der Waals surface area contributed by atoms with Gasteiger partial charge >= 0.3 is 5.97 Å². The number of esters is 1. The molecule has 0 aliphatic rings. The van der Waals surface area contributed by atoms with Gasteiger partial charge in [-0.05, 0) is 38.8 Å². The van der Waals surface area contributed by atoms with Gasteiger partial charge in [0.1, 0.15) is 0 Å². The predicted molar refractivity (Wildman–Crippen MR) is 69.9 cm³/mol. The minimum Gasteiger partial charge on any atom is -0.462 e. The lowest BCUT2D eigenvalue weighted by Gasteiger charge is -2.15. The zero-order chi connectivity index (χ0) is 13.8. The van der Waals surface area contributed by atoms with Crippen molar-refractivity contribution < 1.29 is 9.53 Å². The van der Waals surface area contributed by atoms with Crippen LogP contribution in [0.15, 0.2) is 18.2 Å². The molecular weight excluding hydrogens is 228 g/mol. The Labute approximate surface area is 107 Å². The van der Waals surface area contributed by atoms with E-state index in [-0.39, 0.29) is 6.61 Å². The molecule has 0 aliphatic carbocycles. The van der Waals surface area contributed by atoms with Crippen LogP contribution >= 0.6 is 0 Å². The van der Waals surface area contributed by atoms with Gasteiger partial charge in [0, 0.05) is 5.69 Å². The number of nitrogens with zero attached hydrogens (tertiary/aromatic N) is 1. The molecule has 0 atom stereocenters. The van der Waals surface area contributed by atoms with Gasteiger partial charge in [0.25, 0.3) is 0 Å². The minimum absolute atomic E-state index is 0.215. The lowest BCUT2D eigenvalue weighted by atomic mass is 9.92. The summed E-state index contributed by atoms with van der Waals surface area (Å²) in [5.41, 5.74) is 6.88. The zero-order valence-electron chi connectivity index (χ0n) is 11.0. The molecule has 4 nitrogen and oxygen atoms in total. The standard InChI is InChI=1S/C14H18N2O2/c1-10-5-4-6-11(16)12(10)13(17)18-8-7-14(2,3)9-15/h4-6H,7-8,16H2,1-3H3. The Morgan fingerprint density at radius 1 is 1.50 bits per heavy atom. The molecule has 1 rings (SSSR count). The number of carbonyl (C=O) groups is 1. The van der Waals surface area contributed by atoms with Crippen LogP contribution in [-0.2, 0) is 4.74 Å². The summed E-state index contributed by atoms with van der Waals surface area (Å²) in [4.78, 5) is 11.9. The molecule has 0 saturated heterocycles. The Hall–Kier alpha value is -2.02. The van der Waals surface area contributed by atoms with Gasteiger partial charge in [0.15, 0.2) is 0 Å². The molecule has 0 bridgehead atoms. The third-order valence-electron chi connectivity index (χ3n) is 2.77. The second kappa shape index (κ2) is 5.54. The van der Waals surface area contributed by atoms with Gasteiger partial charge < -0.3 is 10.5 Å². The Balaban J connectivity index is 2.65. The molecule has 0 amide bonds. The van der Waals surface area contributed by atoms with E-state index in [2.05, 4.69) is 6.07 Å². The van der Waals surface area contributed by atoms with Gasteiger partial charge in [-0.2, -0.15) is 5.26 Å². The van der Waals surface area contributed by atoms with Crippen molar-refractivity contribution in [1.82, 2.24) is 0 Å². The third-order valence-corrected chi connectivity index (χ3v) is 2.77. The maximum Gasteiger partial charge on any atom is 0.340 e. The number of nitriles is 1. The average Bonchev–Trinajstić information content (AvgIpc) is 2.28. The van der Waals surface area contributed by atoms with E-state index >= 15 is 0 Å². The normalized spacial score (nSPS) is 10.8. The molecule has 0 aliphatic heterocycles. The zero-order valence-corrected chi connectivity index (χ0v) is 11.0. The number of anilines is 1. The number of hydrogen-bond acceptors (Lipinski definition) is 4. The molecule has 18 heavy (non-hydrogen) atoms. The molecule has 1 aromatic carbocycles. The molecule has 0 radical (unpaired) electrons. The van der Waals surface area contributed by atoms with E-state index in [0.29, 0.717) is 17.7 Å². The largest absolute Gasteiger partial charge is 0.462 e. The van der Waals surface area contributed by atoms with Crippen LogP contribution in [0.2, 0.25) is 0 Å². The van der Waals surface area contributed by atoms with Crippen LogP contribution in [0, 0.1) is 23.7 Å². The summed E-state index contributed by atoms with van der Waals surface area (Å²) >= 11 is 0. The molecule has 0 spiro atoms. The van der Waals surface area contributed by atoms with Crippen LogP contribution in [-0.4, -0.2) is 12.6 Å². The molecular formula is C14H18N2O2. The van der Waals surface area contributed by atoms with Gasteiger partial charge in [-0.3, -0.25) is 0 Å². The van der Waals surface area contributed by atoms with E-state index in [1.807, 2.05) is 26.8 Å². The number of nitrogen functional groups attached to an aromatic ring is 1. The van der Waals surface area contributed by atoms with E-state index in [1.165, 1.54) is 0 Å². The van der Waals surface area contributed by atoms with Crippen molar-refractivity contribution in [2.45, 2.75) is 27.2 Å². The van der Waals surface area contributed by atoms with E-state index in [4.69, 9.17) is 15.7 Å². The van der Waals surface area contributed by atoms with Gasteiger partial charge in [-0.1, -0.05) is 12.1 Å². The summed E-state index contributed by atoms with van der Waals surface area (Å²) < 4.78 is 5.16. The monoisotopic (exact) mass is 246 g/mol. The maximum absolute atomic E-state index is 11.9.